The lowest BCUT2D eigenvalue weighted by Gasteiger charge is -2.39. The van der Waals surface area contributed by atoms with E-state index < -0.39 is 25.7 Å². The zero-order valence-corrected chi connectivity index (χ0v) is 29.5. The third-order valence-electron chi connectivity index (χ3n) is 7.38. The molecule has 0 heterocycles. The van der Waals surface area contributed by atoms with Crippen molar-refractivity contribution in [2.75, 3.05) is 13.1 Å². The van der Waals surface area contributed by atoms with Crippen LogP contribution in [0.5, 0.6) is 0 Å². The van der Waals surface area contributed by atoms with Crippen molar-refractivity contribution in [2.45, 2.75) is 38.0 Å². The Morgan fingerprint density at radius 1 is 0.575 bits per heavy atom. The summed E-state index contributed by atoms with van der Waals surface area (Å²) in [6, 6.07) is 44.8. The number of nitrogens with two attached hydrogens (primary N) is 2. The van der Waals surface area contributed by atoms with Gasteiger partial charge in [-0.1, -0.05) is 121 Å². The monoisotopic (exact) mass is 602 g/mol. The molecule has 2 atom stereocenters. The predicted molar refractivity (Wildman–Crippen MR) is 184 cm³/mol. The Labute approximate surface area is 248 Å². The predicted octanol–water partition coefficient (Wildman–Crippen LogP) is 2.49. The number of hydrogen-bond donors (Lipinski definition) is 2. The zero-order chi connectivity index (χ0) is 28.7. The van der Waals surface area contributed by atoms with E-state index in [9.17, 15) is 0 Å². The molecule has 0 bridgehead atoms. The average molecular weight is 603 g/mol. The molecule has 4 aromatic carbocycles. The Morgan fingerprint density at radius 3 is 1.20 bits per heavy atom. The van der Waals surface area contributed by atoms with Crippen LogP contribution in [0, 0.1) is 0 Å². The number of rotatable bonds is 13. The van der Waals surface area contributed by atoms with Crippen LogP contribution in [0.2, 0.25) is 25.2 Å². The first-order chi connectivity index (χ1) is 19.5. The van der Waals surface area contributed by atoms with Crippen molar-refractivity contribution in [1.29, 1.82) is 0 Å². The lowest BCUT2D eigenvalue weighted by Crippen LogP contribution is -2.60. The Balaban J connectivity index is 0.000000249. The second kappa shape index (κ2) is 16.8. The Hall–Kier alpha value is -2.41. The van der Waals surface area contributed by atoms with Gasteiger partial charge in [0.25, 0.3) is 0 Å². The summed E-state index contributed by atoms with van der Waals surface area (Å²) in [5, 5.41) is 5.45. The molecule has 0 radical (unpaired) electrons. The first kappa shape index (κ1) is 32.1. The lowest BCUT2D eigenvalue weighted by atomic mass is 10.4. The van der Waals surface area contributed by atoms with Crippen LogP contribution in [0.25, 0.3) is 0 Å². The van der Waals surface area contributed by atoms with E-state index in [1.165, 1.54) is 20.7 Å². The normalized spacial score (nSPS) is 14.1. The maximum atomic E-state index is 7.17. The minimum atomic E-state index is -2.07. The molecule has 0 amide bonds. The maximum absolute atomic E-state index is 7.17. The molecular formula is C32H46N2O2Si4. The average Bonchev–Trinajstić information content (AvgIpc) is 3.02. The first-order valence-electron chi connectivity index (χ1n) is 14.3. The van der Waals surface area contributed by atoms with Crippen molar-refractivity contribution in [2.24, 2.45) is 11.5 Å². The van der Waals surface area contributed by atoms with Gasteiger partial charge in [-0.3, -0.25) is 0 Å². The van der Waals surface area contributed by atoms with Crippen LogP contribution in [-0.4, -0.2) is 49.3 Å². The minimum absolute atomic E-state index is 0.713. The van der Waals surface area contributed by atoms with E-state index in [-0.39, 0.29) is 0 Å². The summed E-state index contributed by atoms with van der Waals surface area (Å²) in [6.07, 6.45) is 2.02. The molecule has 0 saturated carbocycles. The highest BCUT2D eigenvalue weighted by atomic mass is 28.4. The van der Waals surface area contributed by atoms with E-state index in [0.717, 1.165) is 35.4 Å². The van der Waals surface area contributed by atoms with Crippen LogP contribution >= 0.6 is 0 Å². The van der Waals surface area contributed by atoms with Gasteiger partial charge in [-0.05, 0) is 71.9 Å². The van der Waals surface area contributed by atoms with E-state index >= 15 is 0 Å². The van der Waals surface area contributed by atoms with Gasteiger partial charge in [0.1, 0.15) is 10.5 Å². The Kier molecular flexibility index (Phi) is 13.4. The smallest absolute Gasteiger partial charge is 0.227 e. The molecule has 8 heteroatoms. The molecule has 0 aliphatic rings. The van der Waals surface area contributed by atoms with Crippen molar-refractivity contribution < 1.29 is 8.23 Å². The van der Waals surface area contributed by atoms with Crippen LogP contribution in [-0.2, 0) is 8.23 Å². The Bertz CT molecular complexity index is 1130. The summed E-state index contributed by atoms with van der Waals surface area (Å²) < 4.78 is 13.0. The van der Waals surface area contributed by atoms with Gasteiger partial charge in [0.05, 0.1) is 0 Å². The third-order valence-corrected chi connectivity index (χ3v) is 20.6. The molecule has 0 fully saturated rings. The van der Waals surface area contributed by atoms with Crippen molar-refractivity contribution in [3.63, 3.8) is 0 Å². The van der Waals surface area contributed by atoms with Crippen LogP contribution in [0.3, 0.4) is 0 Å². The summed E-state index contributed by atoms with van der Waals surface area (Å²) in [7, 11) is -4.71. The SMILES string of the molecule is C[Si](CCCN)(O[Si](C)(CCCN)c1ccccc1)c1ccccc1.[SiH3]O[SiH](c1ccccc1)c1ccccc1. The summed E-state index contributed by atoms with van der Waals surface area (Å²) in [4.78, 5) is 0. The van der Waals surface area contributed by atoms with Gasteiger partial charge in [0, 0.05) is 0 Å². The molecule has 40 heavy (non-hydrogen) atoms. The van der Waals surface area contributed by atoms with Gasteiger partial charge in [0.2, 0.25) is 25.7 Å². The molecule has 4 aromatic rings. The molecule has 4 nitrogen and oxygen atoms in total. The number of hydrogen-bond acceptors (Lipinski definition) is 4. The molecule has 0 spiro atoms. The van der Waals surface area contributed by atoms with Gasteiger partial charge in [0.15, 0.2) is 0 Å². The van der Waals surface area contributed by atoms with Crippen LogP contribution in [0.1, 0.15) is 12.8 Å². The maximum Gasteiger partial charge on any atom is 0.227 e. The fraction of sp³-hybridized carbons (Fsp3) is 0.250. The molecule has 0 aliphatic heterocycles. The quantitative estimate of drug-likeness (QED) is 0.231. The molecular weight excluding hydrogens is 557 g/mol. The van der Waals surface area contributed by atoms with Crippen molar-refractivity contribution in [3.05, 3.63) is 121 Å². The Morgan fingerprint density at radius 2 is 0.900 bits per heavy atom. The lowest BCUT2D eigenvalue weighted by molar-refractivity contribution is 0.545. The molecule has 2 unspecified atom stereocenters. The highest BCUT2D eigenvalue weighted by molar-refractivity contribution is 6.98. The molecule has 212 valence electrons. The fourth-order valence-electron chi connectivity index (χ4n) is 5.19. The van der Waals surface area contributed by atoms with E-state index in [1.54, 1.807) is 0 Å². The highest BCUT2D eigenvalue weighted by Gasteiger charge is 2.41. The summed E-state index contributed by atoms with van der Waals surface area (Å²) in [5.41, 5.74) is 11.7. The second-order valence-electron chi connectivity index (χ2n) is 10.5. The summed E-state index contributed by atoms with van der Waals surface area (Å²) >= 11 is 0. The van der Waals surface area contributed by atoms with Crippen LogP contribution in [0.4, 0.5) is 0 Å². The van der Waals surface area contributed by atoms with Gasteiger partial charge in [-0.25, -0.2) is 0 Å². The van der Waals surface area contributed by atoms with E-state index in [2.05, 4.69) is 122 Å². The van der Waals surface area contributed by atoms with Gasteiger partial charge < -0.3 is 19.7 Å². The van der Waals surface area contributed by atoms with E-state index in [1.807, 2.05) is 12.1 Å². The number of benzene rings is 4. The van der Waals surface area contributed by atoms with Crippen LogP contribution < -0.4 is 32.2 Å². The minimum Gasteiger partial charge on any atom is -0.459 e. The van der Waals surface area contributed by atoms with E-state index in [4.69, 9.17) is 19.7 Å². The topological polar surface area (TPSA) is 70.5 Å². The highest BCUT2D eigenvalue weighted by Crippen LogP contribution is 2.24. The van der Waals surface area contributed by atoms with Crippen molar-refractivity contribution in [3.8, 4) is 0 Å². The molecule has 0 aliphatic carbocycles. The van der Waals surface area contributed by atoms with Crippen LogP contribution in [0.15, 0.2) is 121 Å². The first-order valence-corrected chi connectivity index (χ1v) is 22.0. The van der Waals surface area contributed by atoms with Gasteiger partial charge in [-0.2, -0.15) is 0 Å². The van der Waals surface area contributed by atoms with Gasteiger partial charge in [-0.15, -0.1) is 0 Å². The fourth-order valence-corrected chi connectivity index (χ4v) is 18.8. The molecule has 0 saturated heterocycles. The van der Waals surface area contributed by atoms with Gasteiger partial charge >= 0.3 is 0 Å². The van der Waals surface area contributed by atoms with Crippen molar-refractivity contribution in [1.82, 2.24) is 0 Å². The van der Waals surface area contributed by atoms with Crippen molar-refractivity contribution >= 4 is 56.9 Å². The summed E-state index contributed by atoms with van der Waals surface area (Å²) in [6.45, 7) is 6.14. The standard InChI is InChI=1S/C20H32N2OSi2.C12H14OSi2/c1-24(17-9-15-21,19-11-5-3-6-12-19)23-25(2,18-10-16-22)20-13-7-4-8-14-20;14-13-15(11-7-3-1-4-8-11)12-9-5-2-6-10-12/h3-8,11-14H,9-10,15-18,21-22H2,1-2H3;1-10,15H,14H3. The van der Waals surface area contributed by atoms with E-state index in [0.29, 0.717) is 13.1 Å². The molecule has 4 rings (SSSR count). The largest absolute Gasteiger partial charge is 0.459 e. The third kappa shape index (κ3) is 9.32. The summed E-state index contributed by atoms with van der Waals surface area (Å²) in [5.74, 6) is 0. The molecule has 0 aromatic heterocycles. The molecule has 4 N–H and O–H groups in total. The zero-order valence-electron chi connectivity index (χ0n) is 24.3. The second-order valence-corrected chi connectivity index (χ2v) is 22.4.